The van der Waals surface area contributed by atoms with E-state index in [2.05, 4.69) is 43.4 Å². The zero-order chi connectivity index (χ0) is 13.2. The topological polar surface area (TPSA) is 24.9 Å². The first-order valence-corrected chi connectivity index (χ1v) is 7.89. The minimum atomic E-state index is 0.518. The van der Waals surface area contributed by atoms with Gasteiger partial charge in [-0.2, -0.15) is 0 Å². The van der Waals surface area contributed by atoms with Gasteiger partial charge < -0.3 is 5.32 Å². The number of rotatable bonds is 3. The van der Waals surface area contributed by atoms with E-state index in [0.717, 1.165) is 13.0 Å². The van der Waals surface area contributed by atoms with Crippen LogP contribution in [-0.2, 0) is 6.42 Å². The minimum Gasteiger partial charge on any atom is -0.309 e. The van der Waals surface area contributed by atoms with Crippen molar-refractivity contribution in [3.8, 4) is 10.6 Å². The maximum atomic E-state index is 4.87. The van der Waals surface area contributed by atoms with Crippen LogP contribution >= 0.6 is 11.3 Å². The van der Waals surface area contributed by atoms with E-state index in [1.807, 2.05) is 11.3 Å². The molecule has 0 spiro atoms. The molecule has 0 aliphatic heterocycles. The third kappa shape index (κ3) is 2.58. The number of benzene rings is 1. The molecule has 2 aromatic rings. The van der Waals surface area contributed by atoms with Crippen LogP contribution in [0.5, 0.6) is 0 Å². The Labute approximate surface area is 118 Å². The van der Waals surface area contributed by atoms with Gasteiger partial charge in [0.05, 0.1) is 5.69 Å². The summed E-state index contributed by atoms with van der Waals surface area (Å²) >= 11 is 1.87. The molecular weight excluding hydrogens is 252 g/mol. The molecule has 1 aromatic carbocycles. The van der Waals surface area contributed by atoms with E-state index in [9.17, 15) is 0 Å². The molecule has 19 heavy (non-hydrogen) atoms. The maximum absolute atomic E-state index is 4.87. The summed E-state index contributed by atoms with van der Waals surface area (Å²) in [5.41, 5.74) is 3.88. The molecule has 0 radical (unpaired) electrons. The Kier molecular flexibility index (Phi) is 3.67. The van der Waals surface area contributed by atoms with Crippen molar-refractivity contribution in [3.05, 3.63) is 40.4 Å². The van der Waals surface area contributed by atoms with Crippen molar-refractivity contribution in [1.29, 1.82) is 0 Å². The second-order valence-electron chi connectivity index (χ2n) is 5.20. The lowest BCUT2D eigenvalue weighted by Gasteiger charge is -2.21. The average molecular weight is 272 g/mol. The van der Waals surface area contributed by atoms with Crippen molar-refractivity contribution in [2.24, 2.45) is 0 Å². The number of hydrogen-bond donors (Lipinski definition) is 1. The Bertz CT molecular complexity index is 574. The number of nitrogens with one attached hydrogen (secondary N) is 1. The normalized spacial score (nSPS) is 18.3. The van der Waals surface area contributed by atoms with Crippen LogP contribution in [0.15, 0.2) is 24.3 Å². The number of aryl methyl sites for hydroxylation is 2. The molecule has 0 saturated carbocycles. The van der Waals surface area contributed by atoms with Gasteiger partial charge in [0.15, 0.2) is 0 Å². The SMILES string of the molecule is CCNC1CCCc2nc(-c3cccc(C)c3)sc21. The van der Waals surface area contributed by atoms with Gasteiger partial charge in [0.1, 0.15) is 5.01 Å². The molecule has 1 N–H and O–H groups in total. The quantitative estimate of drug-likeness (QED) is 0.909. The molecule has 1 atom stereocenters. The number of hydrogen-bond acceptors (Lipinski definition) is 3. The molecule has 1 aliphatic rings. The molecule has 0 fully saturated rings. The molecule has 0 amide bonds. The molecule has 3 heteroatoms. The maximum Gasteiger partial charge on any atom is 0.123 e. The lowest BCUT2D eigenvalue weighted by atomic mass is 9.98. The van der Waals surface area contributed by atoms with Crippen LogP contribution in [0.3, 0.4) is 0 Å². The van der Waals surface area contributed by atoms with Crippen molar-refractivity contribution in [3.63, 3.8) is 0 Å². The number of thiazole rings is 1. The van der Waals surface area contributed by atoms with Gasteiger partial charge in [-0.25, -0.2) is 4.98 Å². The molecule has 3 rings (SSSR count). The van der Waals surface area contributed by atoms with Crippen molar-refractivity contribution in [2.45, 2.75) is 39.2 Å². The van der Waals surface area contributed by atoms with Crippen molar-refractivity contribution in [1.82, 2.24) is 10.3 Å². The van der Waals surface area contributed by atoms with Crippen molar-refractivity contribution in [2.75, 3.05) is 6.54 Å². The summed E-state index contributed by atoms with van der Waals surface area (Å²) in [5, 5.41) is 4.77. The van der Waals surface area contributed by atoms with Gasteiger partial charge in [0, 0.05) is 16.5 Å². The van der Waals surface area contributed by atoms with Crippen molar-refractivity contribution >= 4 is 11.3 Å². The van der Waals surface area contributed by atoms with Crippen LogP contribution in [0.25, 0.3) is 10.6 Å². The standard InChI is InChI=1S/C16H20N2S/c1-3-17-13-8-5-9-14-15(13)19-16(18-14)12-7-4-6-11(2)10-12/h4,6-7,10,13,17H,3,5,8-9H2,1-2H3. The monoisotopic (exact) mass is 272 g/mol. The van der Waals surface area contributed by atoms with E-state index < -0.39 is 0 Å². The fourth-order valence-corrected chi connectivity index (χ4v) is 3.98. The third-order valence-corrected chi connectivity index (χ3v) is 4.93. The summed E-state index contributed by atoms with van der Waals surface area (Å²) in [4.78, 5) is 6.34. The fourth-order valence-electron chi connectivity index (χ4n) is 2.76. The Balaban J connectivity index is 1.97. The van der Waals surface area contributed by atoms with Crippen LogP contribution in [0.4, 0.5) is 0 Å². The summed E-state index contributed by atoms with van der Waals surface area (Å²) in [5.74, 6) is 0. The van der Waals surface area contributed by atoms with Gasteiger partial charge in [-0.3, -0.25) is 0 Å². The minimum absolute atomic E-state index is 0.518. The molecule has 0 bridgehead atoms. The van der Waals surface area contributed by atoms with Crippen LogP contribution in [0, 0.1) is 6.92 Å². The molecule has 1 unspecified atom stereocenters. The van der Waals surface area contributed by atoms with E-state index in [4.69, 9.17) is 4.98 Å². The summed E-state index contributed by atoms with van der Waals surface area (Å²) in [6.45, 7) is 5.34. The zero-order valence-electron chi connectivity index (χ0n) is 11.6. The molecule has 100 valence electrons. The molecule has 2 nitrogen and oxygen atoms in total. The van der Waals surface area contributed by atoms with Crippen LogP contribution in [-0.4, -0.2) is 11.5 Å². The number of nitrogens with zero attached hydrogens (tertiary/aromatic N) is 1. The van der Waals surface area contributed by atoms with E-state index in [1.165, 1.54) is 39.5 Å². The highest BCUT2D eigenvalue weighted by Crippen LogP contribution is 2.37. The van der Waals surface area contributed by atoms with Crippen LogP contribution in [0.1, 0.15) is 41.9 Å². The average Bonchev–Trinajstić information content (AvgIpc) is 2.84. The van der Waals surface area contributed by atoms with E-state index in [1.54, 1.807) is 0 Å². The van der Waals surface area contributed by atoms with Gasteiger partial charge in [-0.1, -0.05) is 30.7 Å². The first kappa shape index (κ1) is 12.8. The Hall–Kier alpha value is -1.19. The highest BCUT2D eigenvalue weighted by molar-refractivity contribution is 7.15. The van der Waals surface area contributed by atoms with Crippen molar-refractivity contribution < 1.29 is 0 Å². The zero-order valence-corrected chi connectivity index (χ0v) is 12.4. The van der Waals surface area contributed by atoms with Crippen LogP contribution < -0.4 is 5.32 Å². The second kappa shape index (κ2) is 5.43. The number of fused-ring (bicyclic) bond motifs is 1. The van der Waals surface area contributed by atoms with Crippen LogP contribution in [0.2, 0.25) is 0 Å². The smallest absolute Gasteiger partial charge is 0.123 e. The predicted molar refractivity (Wildman–Crippen MR) is 81.6 cm³/mol. The molecule has 1 aliphatic carbocycles. The third-order valence-electron chi connectivity index (χ3n) is 3.67. The first-order chi connectivity index (χ1) is 9.28. The van der Waals surface area contributed by atoms with Gasteiger partial charge in [-0.15, -0.1) is 11.3 Å². The van der Waals surface area contributed by atoms with Gasteiger partial charge in [0.25, 0.3) is 0 Å². The Morgan fingerprint density at radius 2 is 2.32 bits per heavy atom. The lowest BCUT2D eigenvalue weighted by molar-refractivity contribution is 0.476. The van der Waals surface area contributed by atoms with E-state index in [0.29, 0.717) is 6.04 Å². The summed E-state index contributed by atoms with van der Waals surface area (Å²) in [6, 6.07) is 9.17. The molecule has 0 saturated heterocycles. The summed E-state index contributed by atoms with van der Waals surface area (Å²) < 4.78 is 0. The Morgan fingerprint density at radius 1 is 1.42 bits per heavy atom. The fraction of sp³-hybridized carbons (Fsp3) is 0.438. The lowest BCUT2D eigenvalue weighted by Crippen LogP contribution is -2.23. The highest BCUT2D eigenvalue weighted by atomic mass is 32.1. The van der Waals surface area contributed by atoms with Gasteiger partial charge in [-0.05, 0) is 38.8 Å². The predicted octanol–water partition coefficient (Wildman–Crippen LogP) is 4.11. The van der Waals surface area contributed by atoms with Gasteiger partial charge in [0.2, 0.25) is 0 Å². The largest absolute Gasteiger partial charge is 0.309 e. The summed E-state index contributed by atoms with van der Waals surface area (Å²) in [6.07, 6.45) is 3.64. The second-order valence-corrected chi connectivity index (χ2v) is 6.23. The van der Waals surface area contributed by atoms with E-state index >= 15 is 0 Å². The van der Waals surface area contributed by atoms with E-state index in [-0.39, 0.29) is 0 Å². The Morgan fingerprint density at radius 3 is 3.11 bits per heavy atom. The highest BCUT2D eigenvalue weighted by Gasteiger charge is 2.24. The molecular formula is C16H20N2S. The number of aromatic nitrogens is 1. The first-order valence-electron chi connectivity index (χ1n) is 7.08. The molecule has 1 heterocycles. The van der Waals surface area contributed by atoms with Gasteiger partial charge >= 0.3 is 0 Å². The summed E-state index contributed by atoms with van der Waals surface area (Å²) in [7, 11) is 0. The molecule has 1 aromatic heterocycles.